The Kier molecular flexibility index (Phi) is 3.98. The number of amides is 1. The molecule has 0 aliphatic carbocycles. The molecule has 1 atom stereocenters. The number of piperidine rings is 1. The highest BCUT2D eigenvalue weighted by molar-refractivity contribution is 7.10. The Morgan fingerprint density at radius 3 is 2.83 bits per heavy atom. The molecule has 2 aromatic heterocycles. The number of nitrogens with zero attached hydrogens (tertiary/aromatic N) is 3. The van der Waals surface area contributed by atoms with Crippen LogP contribution in [0.1, 0.15) is 35.8 Å². The standard InChI is InChI=1S/C18H18N4OS/c1-11-14(13-4-12(7-19)8-21-9-13)10-24-17(11)18(2)5-15(20)22(3)16(23)6-18/h4,8-10,20H,5-6H2,1-3H3/t18-/m0/s1. The number of nitrogens with one attached hydrogen (secondary N) is 1. The number of thiophene rings is 1. The number of hydrogen-bond donors (Lipinski definition) is 1. The Bertz CT molecular complexity index is 859. The summed E-state index contributed by atoms with van der Waals surface area (Å²) in [4.78, 5) is 18.9. The minimum Gasteiger partial charge on any atom is -0.304 e. The van der Waals surface area contributed by atoms with E-state index >= 15 is 0 Å². The van der Waals surface area contributed by atoms with Gasteiger partial charge in [0.15, 0.2) is 0 Å². The molecule has 1 saturated heterocycles. The lowest BCUT2D eigenvalue weighted by atomic mass is 9.76. The maximum atomic E-state index is 12.2. The van der Waals surface area contributed by atoms with Crippen LogP contribution in [0.25, 0.3) is 11.1 Å². The van der Waals surface area contributed by atoms with Crippen LogP contribution in [0, 0.1) is 23.7 Å². The lowest BCUT2D eigenvalue weighted by molar-refractivity contribution is -0.128. The van der Waals surface area contributed by atoms with Crippen LogP contribution in [0.15, 0.2) is 23.8 Å². The van der Waals surface area contributed by atoms with Gasteiger partial charge in [0.25, 0.3) is 0 Å². The summed E-state index contributed by atoms with van der Waals surface area (Å²) in [7, 11) is 1.66. The first-order valence-corrected chi connectivity index (χ1v) is 8.52. The van der Waals surface area contributed by atoms with E-state index in [1.54, 1.807) is 30.8 Å². The van der Waals surface area contributed by atoms with E-state index in [1.165, 1.54) is 4.90 Å². The molecule has 122 valence electrons. The van der Waals surface area contributed by atoms with E-state index in [2.05, 4.69) is 23.4 Å². The fraction of sp³-hybridized carbons (Fsp3) is 0.333. The van der Waals surface area contributed by atoms with Gasteiger partial charge in [0.1, 0.15) is 11.9 Å². The molecule has 0 spiro atoms. The van der Waals surface area contributed by atoms with Crippen molar-refractivity contribution in [1.29, 1.82) is 10.7 Å². The van der Waals surface area contributed by atoms with Gasteiger partial charge in [-0.15, -0.1) is 11.3 Å². The fourth-order valence-corrected chi connectivity index (χ4v) is 4.52. The van der Waals surface area contributed by atoms with Crippen molar-refractivity contribution in [2.24, 2.45) is 0 Å². The molecular weight excluding hydrogens is 320 g/mol. The minimum absolute atomic E-state index is 0.0174. The van der Waals surface area contributed by atoms with Gasteiger partial charge in [0, 0.05) is 48.1 Å². The molecule has 6 heteroatoms. The van der Waals surface area contributed by atoms with E-state index in [1.807, 2.05) is 13.0 Å². The highest BCUT2D eigenvalue weighted by Gasteiger charge is 2.40. The second-order valence-electron chi connectivity index (χ2n) is 6.49. The van der Waals surface area contributed by atoms with Crippen molar-refractivity contribution in [2.75, 3.05) is 7.05 Å². The second kappa shape index (κ2) is 5.84. The summed E-state index contributed by atoms with van der Waals surface area (Å²) in [5.41, 5.74) is 3.23. The number of amidine groups is 1. The number of nitriles is 1. The van der Waals surface area contributed by atoms with Crippen LogP contribution in [0.3, 0.4) is 0 Å². The summed E-state index contributed by atoms with van der Waals surface area (Å²) in [5, 5.41) is 19.2. The molecule has 0 radical (unpaired) electrons. The third kappa shape index (κ3) is 2.61. The molecule has 1 aliphatic rings. The van der Waals surface area contributed by atoms with Crippen molar-refractivity contribution in [2.45, 2.75) is 32.1 Å². The second-order valence-corrected chi connectivity index (χ2v) is 7.37. The maximum absolute atomic E-state index is 12.2. The van der Waals surface area contributed by atoms with E-state index in [-0.39, 0.29) is 11.3 Å². The molecule has 3 heterocycles. The Balaban J connectivity index is 2.03. The molecule has 0 bridgehead atoms. The first kappa shape index (κ1) is 16.3. The van der Waals surface area contributed by atoms with Crippen molar-refractivity contribution in [3.63, 3.8) is 0 Å². The van der Waals surface area contributed by atoms with E-state index in [9.17, 15) is 4.79 Å². The quantitative estimate of drug-likeness (QED) is 0.910. The lowest BCUT2D eigenvalue weighted by Crippen LogP contribution is -2.46. The molecule has 3 rings (SSSR count). The van der Waals surface area contributed by atoms with Crippen molar-refractivity contribution < 1.29 is 4.79 Å². The van der Waals surface area contributed by atoms with Gasteiger partial charge in [-0.25, -0.2) is 0 Å². The number of likely N-dealkylation sites (tertiary alicyclic amines) is 1. The van der Waals surface area contributed by atoms with Crippen LogP contribution in [0.2, 0.25) is 0 Å². The van der Waals surface area contributed by atoms with Crippen LogP contribution in [0.5, 0.6) is 0 Å². The van der Waals surface area contributed by atoms with Crippen molar-refractivity contribution in [1.82, 2.24) is 9.88 Å². The molecule has 1 amide bonds. The molecule has 5 nitrogen and oxygen atoms in total. The molecule has 1 fully saturated rings. The molecule has 1 aliphatic heterocycles. The van der Waals surface area contributed by atoms with Gasteiger partial charge < -0.3 is 4.90 Å². The fourth-order valence-electron chi connectivity index (χ4n) is 3.26. The average molecular weight is 338 g/mol. The van der Waals surface area contributed by atoms with Crippen LogP contribution >= 0.6 is 11.3 Å². The van der Waals surface area contributed by atoms with Gasteiger partial charge in [0.05, 0.1) is 5.56 Å². The Hall–Kier alpha value is -2.52. The average Bonchev–Trinajstić information content (AvgIpc) is 2.95. The van der Waals surface area contributed by atoms with Gasteiger partial charge in [-0.3, -0.25) is 15.2 Å². The largest absolute Gasteiger partial charge is 0.304 e. The van der Waals surface area contributed by atoms with Gasteiger partial charge in [-0.05, 0) is 29.5 Å². The first-order valence-electron chi connectivity index (χ1n) is 7.64. The zero-order valence-electron chi connectivity index (χ0n) is 13.9. The third-order valence-corrected chi connectivity index (χ3v) is 6.03. The molecule has 1 N–H and O–H groups in total. The molecular formula is C18H18N4OS. The molecule has 2 aromatic rings. The number of carbonyl (C=O) groups is 1. The van der Waals surface area contributed by atoms with Crippen LogP contribution in [-0.2, 0) is 10.2 Å². The number of aromatic nitrogens is 1. The minimum atomic E-state index is -0.353. The summed E-state index contributed by atoms with van der Waals surface area (Å²) in [6, 6.07) is 3.94. The van der Waals surface area contributed by atoms with E-state index in [0.29, 0.717) is 24.2 Å². The topological polar surface area (TPSA) is 80.8 Å². The zero-order valence-corrected chi connectivity index (χ0v) is 14.7. The monoisotopic (exact) mass is 338 g/mol. The predicted molar refractivity (Wildman–Crippen MR) is 94.1 cm³/mol. The number of hydrogen-bond acceptors (Lipinski definition) is 5. The SMILES string of the molecule is Cc1c(-c2cncc(C#N)c2)csc1[C@@]1(C)CC(=N)N(C)C(=O)C1. The summed E-state index contributed by atoms with van der Waals surface area (Å²) in [6.45, 7) is 4.09. The van der Waals surface area contributed by atoms with Crippen LogP contribution in [-0.4, -0.2) is 28.7 Å². The maximum Gasteiger partial charge on any atom is 0.228 e. The highest BCUT2D eigenvalue weighted by atomic mass is 32.1. The van der Waals surface area contributed by atoms with Gasteiger partial charge >= 0.3 is 0 Å². The van der Waals surface area contributed by atoms with Crippen LogP contribution in [0.4, 0.5) is 0 Å². The van der Waals surface area contributed by atoms with E-state index in [4.69, 9.17) is 10.7 Å². The third-order valence-electron chi connectivity index (χ3n) is 4.64. The smallest absolute Gasteiger partial charge is 0.228 e. The Morgan fingerprint density at radius 2 is 2.17 bits per heavy atom. The first-order chi connectivity index (χ1) is 11.4. The Morgan fingerprint density at radius 1 is 1.42 bits per heavy atom. The normalized spacial score (nSPS) is 21.0. The number of rotatable bonds is 2. The zero-order chi connectivity index (χ0) is 17.5. The summed E-state index contributed by atoms with van der Waals surface area (Å²) in [5.74, 6) is 0.340. The Labute approximate surface area is 145 Å². The molecule has 0 saturated carbocycles. The molecule has 0 unspecified atom stereocenters. The summed E-state index contributed by atoms with van der Waals surface area (Å²) in [6.07, 6.45) is 4.25. The number of carbonyl (C=O) groups excluding carboxylic acids is 1. The van der Waals surface area contributed by atoms with Crippen molar-refractivity contribution in [3.05, 3.63) is 39.8 Å². The predicted octanol–water partition coefficient (Wildman–Crippen LogP) is 3.48. The van der Waals surface area contributed by atoms with Gasteiger partial charge in [0.2, 0.25) is 5.91 Å². The van der Waals surface area contributed by atoms with E-state index < -0.39 is 0 Å². The van der Waals surface area contributed by atoms with E-state index in [0.717, 1.165) is 21.6 Å². The van der Waals surface area contributed by atoms with Crippen molar-refractivity contribution >= 4 is 23.1 Å². The van der Waals surface area contributed by atoms with Gasteiger partial charge in [-0.2, -0.15) is 5.26 Å². The number of pyridine rings is 1. The highest BCUT2D eigenvalue weighted by Crippen LogP contribution is 2.44. The lowest BCUT2D eigenvalue weighted by Gasteiger charge is -2.37. The molecule has 24 heavy (non-hydrogen) atoms. The van der Waals surface area contributed by atoms with Crippen molar-refractivity contribution in [3.8, 4) is 17.2 Å². The summed E-state index contributed by atoms with van der Waals surface area (Å²) < 4.78 is 0. The summed E-state index contributed by atoms with van der Waals surface area (Å²) >= 11 is 1.62. The molecule has 0 aromatic carbocycles. The van der Waals surface area contributed by atoms with Crippen LogP contribution < -0.4 is 0 Å². The van der Waals surface area contributed by atoms with Gasteiger partial charge in [-0.1, -0.05) is 6.92 Å².